The van der Waals surface area contributed by atoms with Gasteiger partial charge in [0.1, 0.15) is 6.04 Å². The number of nitrogens with two attached hydrogens (primary N) is 1. The standard InChI is InChI=1S/C44H54N12O6/c1-2-52-22-23-55(44(52)62)32-4-3-17-54(26-32)43-48-39(37(38(45)58)49-50-43)46-30-7-5-28(6-8-30)29-15-18-51(19-16-29)25-27-13-20-53(21-14-27)31-9-10-33-34(24-31)42(61)56(41(33)60)35-11-12-36(57)47-40(35)59/h5-10,24,27,29,32,35H,2-4,11-23,25-26H2,1H3,(H2,45,58)(H,46,48,50)(H,47,57,59). The first-order chi connectivity index (χ1) is 30.0. The van der Waals surface area contributed by atoms with Crippen molar-refractivity contribution in [2.45, 2.75) is 76.3 Å². The normalized spacial score (nSPS) is 23.0. The first-order valence-electron chi connectivity index (χ1n) is 22.1. The molecule has 6 aliphatic rings. The van der Waals surface area contributed by atoms with Gasteiger partial charge in [-0.2, -0.15) is 4.98 Å². The molecule has 18 nitrogen and oxygen atoms in total. The number of piperidine rings is 4. The van der Waals surface area contributed by atoms with Gasteiger partial charge in [-0.15, -0.1) is 10.2 Å². The number of anilines is 4. The Labute approximate surface area is 360 Å². The zero-order chi connectivity index (χ0) is 43.1. The third kappa shape index (κ3) is 8.14. The SMILES string of the molecule is CCN1CCN(C2CCCN(c3nnc(C(N)=O)c(Nc4ccc(C5CCN(CC6CCN(c7ccc8c(c7)C(=O)N(C7CCC(=O)NC7=O)C8=O)CC6)CC5)cc4)n3)C2)C1=O. The number of fused-ring (bicyclic) bond motifs is 1. The summed E-state index contributed by atoms with van der Waals surface area (Å²) in [6.45, 7) is 10.2. The largest absolute Gasteiger partial charge is 0.371 e. The fraction of sp³-hybridized carbons (Fsp3) is 0.523. The van der Waals surface area contributed by atoms with Crippen molar-refractivity contribution in [1.29, 1.82) is 0 Å². The van der Waals surface area contributed by atoms with Gasteiger partial charge < -0.3 is 35.6 Å². The first kappa shape index (κ1) is 41.2. The summed E-state index contributed by atoms with van der Waals surface area (Å²) < 4.78 is 0. The average Bonchev–Trinajstić information content (AvgIpc) is 3.78. The van der Waals surface area contributed by atoms with Gasteiger partial charge in [0.05, 0.1) is 17.2 Å². The van der Waals surface area contributed by atoms with E-state index in [-0.39, 0.29) is 36.4 Å². The van der Waals surface area contributed by atoms with Gasteiger partial charge in [-0.1, -0.05) is 12.1 Å². The van der Waals surface area contributed by atoms with E-state index in [0.717, 1.165) is 101 Å². The molecule has 2 unspecified atom stereocenters. The van der Waals surface area contributed by atoms with Crippen LogP contribution in [-0.2, 0) is 9.59 Å². The second-order valence-corrected chi connectivity index (χ2v) is 17.4. The molecule has 18 heteroatoms. The van der Waals surface area contributed by atoms with Crippen LogP contribution in [0.2, 0.25) is 0 Å². The lowest BCUT2D eigenvalue weighted by Crippen LogP contribution is -2.54. The summed E-state index contributed by atoms with van der Waals surface area (Å²) in [5.41, 5.74) is 9.20. The van der Waals surface area contributed by atoms with E-state index < -0.39 is 35.6 Å². The molecule has 3 aromatic rings. The number of likely N-dealkylation sites (N-methyl/N-ethyl adjacent to an activating group) is 1. The lowest BCUT2D eigenvalue weighted by Gasteiger charge is -2.38. The topological polar surface area (TPSA) is 211 Å². The fourth-order valence-electron chi connectivity index (χ4n) is 10.1. The van der Waals surface area contributed by atoms with E-state index in [2.05, 4.69) is 42.8 Å². The summed E-state index contributed by atoms with van der Waals surface area (Å²) in [5.74, 6) is -1.04. The van der Waals surface area contributed by atoms with E-state index in [1.807, 2.05) is 39.8 Å². The second kappa shape index (κ2) is 17.3. The number of carbonyl (C=O) groups excluding carboxylic acids is 6. The number of nitrogens with zero attached hydrogens (tertiary/aromatic N) is 9. The summed E-state index contributed by atoms with van der Waals surface area (Å²) in [5, 5.41) is 14.0. The molecule has 0 saturated carbocycles. The Hall–Kier alpha value is -6.17. The minimum absolute atomic E-state index is 0.0322. The number of carbonyl (C=O) groups is 6. The van der Waals surface area contributed by atoms with Gasteiger partial charge in [0, 0.05) is 70.2 Å². The van der Waals surface area contributed by atoms with Gasteiger partial charge in [0.2, 0.25) is 17.8 Å². The Morgan fingerprint density at radius 1 is 0.823 bits per heavy atom. The number of likely N-dealkylation sites (tertiary alicyclic amines) is 1. The van der Waals surface area contributed by atoms with Crippen molar-refractivity contribution in [2.24, 2.45) is 11.7 Å². The van der Waals surface area contributed by atoms with Crippen molar-refractivity contribution in [3.05, 3.63) is 64.8 Å². The quantitative estimate of drug-likeness (QED) is 0.238. The van der Waals surface area contributed by atoms with Gasteiger partial charge in [0.15, 0.2) is 11.5 Å². The highest BCUT2D eigenvalue weighted by atomic mass is 16.2. The number of imide groups is 2. The highest BCUT2D eigenvalue weighted by Crippen LogP contribution is 2.34. The van der Waals surface area contributed by atoms with Crippen LogP contribution in [0.1, 0.15) is 101 Å². The van der Waals surface area contributed by atoms with Crippen LogP contribution in [0.4, 0.5) is 27.9 Å². The monoisotopic (exact) mass is 846 g/mol. The number of nitrogens with one attached hydrogen (secondary N) is 2. The zero-order valence-electron chi connectivity index (χ0n) is 35.1. The molecule has 1 aromatic heterocycles. The molecule has 62 heavy (non-hydrogen) atoms. The van der Waals surface area contributed by atoms with E-state index in [9.17, 15) is 28.8 Å². The number of rotatable bonds is 11. The van der Waals surface area contributed by atoms with E-state index >= 15 is 0 Å². The fourth-order valence-corrected chi connectivity index (χ4v) is 10.1. The third-order valence-corrected chi connectivity index (χ3v) is 13.7. The molecule has 2 atom stereocenters. The summed E-state index contributed by atoms with van der Waals surface area (Å²) in [4.78, 5) is 92.3. The summed E-state index contributed by atoms with van der Waals surface area (Å²) in [6.07, 6.45) is 6.19. The van der Waals surface area contributed by atoms with Crippen molar-refractivity contribution in [3.8, 4) is 0 Å². The smallest absolute Gasteiger partial charge is 0.320 e. The number of benzene rings is 2. The molecule has 5 fully saturated rings. The molecule has 0 radical (unpaired) electrons. The summed E-state index contributed by atoms with van der Waals surface area (Å²) >= 11 is 0. The van der Waals surface area contributed by atoms with Crippen molar-refractivity contribution in [1.82, 2.24) is 40.1 Å². The molecule has 7 amide bonds. The number of amides is 7. The molecule has 6 aliphatic heterocycles. The molecule has 9 rings (SSSR count). The first-order valence-corrected chi connectivity index (χ1v) is 22.1. The van der Waals surface area contributed by atoms with Gasteiger partial charge in [-0.3, -0.25) is 34.2 Å². The molecular weight excluding hydrogens is 793 g/mol. The van der Waals surface area contributed by atoms with Gasteiger partial charge in [-0.25, -0.2) is 4.79 Å². The van der Waals surface area contributed by atoms with Crippen LogP contribution in [0.3, 0.4) is 0 Å². The van der Waals surface area contributed by atoms with Gasteiger partial charge >= 0.3 is 6.03 Å². The van der Waals surface area contributed by atoms with Crippen molar-refractivity contribution in [2.75, 3.05) is 80.6 Å². The van der Waals surface area contributed by atoms with Gasteiger partial charge in [-0.05, 0) is 113 Å². The van der Waals surface area contributed by atoms with Crippen LogP contribution in [-0.4, -0.2) is 148 Å². The van der Waals surface area contributed by atoms with Crippen molar-refractivity contribution < 1.29 is 28.8 Å². The van der Waals surface area contributed by atoms with Crippen LogP contribution in [0, 0.1) is 5.92 Å². The average molecular weight is 847 g/mol. The number of aromatic nitrogens is 3. The number of primary amides is 1. The Balaban J connectivity index is 0.753. The molecule has 0 spiro atoms. The molecule has 326 valence electrons. The van der Waals surface area contributed by atoms with Gasteiger partial charge in [0.25, 0.3) is 17.7 Å². The van der Waals surface area contributed by atoms with E-state index in [1.165, 1.54) is 5.56 Å². The van der Waals surface area contributed by atoms with Crippen molar-refractivity contribution >= 4 is 58.7 Å². The Kier molecular flexibility index (Phi) is 11.5. The Morgan fingerprint density at radius 2 is 1.58 bits per heavy atom. The minimum atomic E-state index is -0.974. The van der Waals surface area contributed by atoms with Crippen LogP contribution in [0.5, 0.6) is 0 Å². The van der Waals surface area contributed by atoms with E-state index in [1.54, 1.807) is 12.1 Å². The molecule has 2 aromatic carbocycles. The Morgan fingerprint density at radius 3 is 2.29 bits per heavy atom. The second-order valence-electron chi connectivity index (χ2n) is 17.4. The Bertz CT molecular complexity index is 2260. The predicted molar refractivity (Wildman–Crippen MR) is 229 cm³/mol. The highest BCUT2D eigenvalue weighted by Gasteiger charge is 2.45. The van der Waals surface area contributed by atoms with E-state index in [0.29, 0.717) is 48.5 Å². The van der Waals surface area contributed by atoms with Crippen LogP contribution >= 0.6 is 0 Å². The molecule has 7 heterocycles. The number of urea groups is 1. The van der Waals surface area contributed by atoms with Crippen molar-refractivity contribution in [3.63, 3.8) is 0 Å². The zero-order valence-corrected chi connectivity index (χ0v) is 35.1. The van der Waals surface area contributed by atoms with Crippen LogP contribution < -0.4 is 26.2 Å². The summed E-state index contributed by atoms with van der Waals surface area (Å²) in [7, 11) is 0. The highest BCUT2D eigenvalue weighted by molar-refractivity contribution is 6.23. The third-order valence-electron chi connectivity index (χ3n) is 13.7. The molecule has 0 bridgehead atoms. The molecule has 5 saturated heterocycles. The maximum absolute atomic E-state index is 13.4. The summed E-state index contributed by atoms with van der Waals surface area (Å²) in [6, 6.07) is 12.8. The maximum Gasteiger partial charge on any atom is 0.320 e. The number of hydrogen-bond donors (Lipinski definition) is 3. The van der Waals surface area contributed by atoms with Crippen LogP contribution in [0.25, 0.3) is 0 Å². The number of hydrogen-bond acceptors (Lipinski definition) is 13. The molecule has 0 aliphatic carbocycles. The minimum Gasteiger partial charge on any atom is -0.371 e. The lowest BCUT2D eigenvalue weighted by molar-refractivity contribution is -0.136. The van der Waals surface area contributed by atoms with Crippen LogP contribution in [0.15, 0.2) is 42.5 Å². The van der Waals surface area contributed by atoms with E-state index in [4.69, 9.17) is 10.7 Å². The molecule has 4 N–H and O–H groups in total. The lowest BCUT2D eigenvalue weighted by atomic mass is 9.88. The maximum atomic E-state index is 13.4. The molecular formula is C44H54N12O6. The predicted octanol–water partition coefficient (Wildman–Crippen LogP) is 2.94.